The molecule has 0 aromatic rings. The second kappa shape index (κ2) is 7.89. The predicted molar refractivity (Wildman–Crippen MR) is 78.3 cm³/mol. The van der Waals surface area contributed by atoms with E-state index in [1.807, 2.05) is 25.9 Å². The highest BCUT2D eigenvalue weighted by Gasteiger charge is 2.50. The van der Waals surface area contributed by atoms with Gasteiger partial charge in [0.25, 0.3) is 0 Å². The summed E-state index contributed by atoms with van der Waals surface area (Å²) >= 11 is 0. The molecule has 18 heavy (non-hydrogen) atoms. The molecule has 0 aromatic carbocycles. The third-order valence-electron chi connectivity index (χ3n) is 3.14. The van der Waals surface area contributed by atoms with Gasteiger partial charge in [0.2, 0.25) is 0 Å². The Hall–Kier alpha value is -1.33. The van der Waals surface area contributed by atoms with Crippen LogP contribution >= 0.6 is 0 Å². The van der Waals surface area contributed by atoms with Gasteiger partial charge in [-0.25, -0.2) is 0 Å². The number of hydrogen-bond donors (Lipinski definition) is 0. The van der Waals surface area contributed by atoms with E-state index >= 15 is 0 Å². The molecule has 0 aromatic heterocycles. The van der Waals surface area contributed by atoms with Crippen molar-refractivity contribution in [1.29, 1.82) is 0 Å². The van der Waals surface area contributed by atoms with Crippen molar-refractivity contribution in [2.45, 2.75) is 33.1 Å². The van der Waals surface area contributed by atoms with E-state index in [0.717, 1.165) is 19.3 Å². The van der Waals surface area contributed by atoms with Crippen LogP contribution in [0.1, 0.15) is 33.1 Å². The van der Waals surface area contributed by atoms with Gasteiger partial charge in [0.05, 0.1) is 12.0 Å². The first-order valence-electron chi connectivity index (χ1n) is 6.41. The maximum Gasteiger partial charge on any atom is 0.157 e. The Morgan fingerprint density at radius 3 is 2.22 bits per heavy atom. The van der Waals surface area contributed by atoms with E-state index < -0.39 is 0 Å². The number of Topliss-reactive ketones (excluding diaryl/α,β-unsaturated/α-hetero) is 1. The molecule has 0 heterocycles. The molecule has 1 rings (SSSR count). The summed E-state index contributed by atoms with van der Waals surface area (Å²) in [5.41, 5.74) is 1.06. The van der Waals surface area contributed by atoms with E-state index in [1.54, 1.807) is 0 Å². The Kier molecular flexibility index (Phi) is 7.31. The van der Waals surface area contributed by atoms with Crippen molar-refractivity contribution in [3.05, 3.63) is 23.8 Å². The zero-order valence-electron chi connectivity index (χ0n) is 12.1. The summed E-state index contributed by atoms with van der Waals surface area (Å²) < 4.78 is 0. The van der Waals surface area contributed by atoms with Crippen LogP contribution in [0.5, 0.6) is 0 Å². The fourth-order valence-electron chi connectivity index (χ4n) is 2.07. The lowest BCUT2D eigenvalue weighted by atomic mass is 9.90. The number of terminal acetylenes is 1. The van der Waals surface area contributed by atoms with Crippen molar-refractivity contribution >= 4 is 5.78 Å². The third kappa shape index (κ3) is 4.16. The maximum absolute atomic E-state index is 12.2. The topological polar surface area (TPSA) is 20.3 Å². The van der Waals surface area contributed by atoms with Gasteiger partial charge >= 0.3 is 0 Å². The molecule has 2 heteroatoms. The number of carbonyl (C=O) groups excluding carboxylic acids is 1. The molecule has 0 N–H and O–H groups in total. The minimum atomic E-state index is -0.148. The van der Waals surface area contributed by atoms with Gasteiger partial charge in [0.1, 0.15) is 0 Å². The van der Waals surface area contributed by atoms with Crippen LogP contribution in [0.25, 0.3) is 0 Å². The number of likely N-dealkylation sites (N-methyl/N-ethyl adjacent to an activating group) is 1. The minimum absolute atomic E-state index is 0.148. The molecule has 100 valence electrons. The second-order valence-electron chi connectivity index (χ2n) is 4.80. The van der Waals surface area contributed by atoms with Crippen LogP contribution in [-0.4, -0.2) is 31.3 Å². The molecule has 0 saturated heterocycles. The van der Waals surface area contributed by atoms with Crippen molar-refractivity contribution in [2.24, 2.45) is 5.41 Å². The predicted octanol–water partition coefficient (Wildman–Crippen LogP) is 3.06. The second-order valence-corrected chi connectivity index (χ2v) is 4.80. The lowest BCUT2D eigenvalue weighted by Crippen LogP contribution is -2.29. The van der Waals surface area contributed by atoms with Crippen molar-refractivity contribution in [3.63, 3.8) is 0 Å². The summed E-state index contributed by atoms with van der Waals surface area (Å²) in [5, 5.41) is 0. The van der Waals surface area contributed by atoms with Gasteiger partial charge in [0.15, 0.2) is 5.78 Å². The molecule has 0 amide bonds. The maximum atomic E-state index is 12.2. The van der Waals surface area contributed by atoms with E-state index in [-0.39, 0.29) is 5.41 Å². The van der Waals surface area contributed by atoms with Crippen LogP contribution in [0, 0.1) is 18.3 Å². The van der Waals surface area contributed by atoms with E-state index in [9.17, 15) is 4.79 Å². The van der Waals surface area contributed by atoms with E-state index in [4.69, 9.17) is 0 Å². The van der Waals surface area contributed by atoms with Gasteiger partial charge in [-0.3, -0.25) is 4.79 Å². The molecule has 0 aliphatic heterocycles. The SMILES string of the molecule is C#C.C/C=C(\C=C/CC)C1(C(=O)CN(C)C)CC1. The van der Waals surface area contributed by atoms with Crippen LogP contribution in [-0.2, 0) is 4.79 Å². The Labute approximate surface area is 112 Å². The fraction of sp³-hybridized carbons (Fsp3) is 0.562. The van der Waals surface area contributed by atoms with Crippen LogP contribution in [0.3, 0.4) is 0 Å². The first kappa shape index (κ1) is 16.7. The van der Waals surface area contributed by atoms with E-state index in [0.29, 0.717) is 12.3 Å². The van der Waals surface area contributed by atoms with Crippen LogP contribution in [0.4, 0.5) is 0 Å². The van der Waals surface area contributed by atoms with Crippen LogP contribution in [0.15, 0.2) is 23.8 Å². The summed E-state index contributed by atoms with van der Waals surface area (Å²) in [6.07, 6.45) is 17.4. The van der Waals surface area contributed by atoms with Crippen molar-refractivity contribution in [1.82, 2.24) is 4.90 Å². The quantitative estimate of drug-likeness (QED) is 0.531. The zero-order chi connectivity index (χ0) is 14.2. The van der Waals surface area contributed by atoms with Crippen molar-refractivity contribution in [3.8, 4) is 12.8 Å². The fourth-order valence-corrected chi connectivity index (χ4v) is 2.07. The smallest absolute Gasteiger partial charge is 0.157 e. The molecule has 0 atom stereocenters. The number of allylic oxidation sites excluding steroid dienone is 4. The number of ketones is 1. The van der Waals surface area contributed by atoms with Gasteiger partial charge in [-0.2, -0.15) is 0 Å². The summed E-state index contributed by atoms with van der Waals surface area (Å²) in [7, 11) is 3.90. The molecule has 2 nitrogen and oxygen atoms in total. The summed E-state index contributed by atoms with van der Waals surface area (Å²) in [6, 6.07) is 0. The summed E-state index contributed by atoms with van der Waals surface area (Å²) in [4.78, 5) is 14.1. The molecule has 1 saturated carbocycles. The molecule has 0 unspecified atom stereocenters. The molecule has 0 spiro atoms. The zero-order valence-corrected chi connectivity index (χ0v) is 12.1. The average Bonchev–Trinajstić information content (AvgIpc) is 3.13. The summed E-state index contributed by atoms with van der Waals surface area (Å²) in [5.74, 6) is 0.367. The highest BCUT2D eigenvalue weighted by Crippen LogP contribution is 2.53. The molecule has 1 aliphatic rings. The lowest BCUT2D eigenvalue weighted by Gasteiger charge is -2.18. The molecule has 0 bridgehead atoms. The number of rotatable bonds is 6. The first-order valence-corrected chi connectivity index (χ1v) is 6.41. The number of carbonyl (C=O) groups is 1. The van der Waals surface area contributed by atoms with Gasteiger partial charge in [-0.05, 0) is 45.9 Å². The van der Waals surface area contributed by atoms with Crippen LogP contribution < -0.4 is 0 Å². The first-order chi connectivity index (χ1) is 8.56. The largest absolute Gasteiger partial charge is 0.302 e. The Bertz CT molecular complexity index is 343. The third-order valence-corrected chi connectivity index (χ3v) is 3.14. The van der Waals surface area contributed by atoms with Crippen molar-refractivity contribution < 1.29 is 4.79 Å². The molecule has 0 radical (unpaired) electrons. The Morgan fingerprint density at radius 1 is 1.33 bits per heavy atom. The monoisotopic (exact) mass is 247 g/mol. The van der Waals surface area contributed by atoms with E-state index in [1.165, 1.54) is 5.57 Å². The average molecular weight is 247 g/mol. The normalized spacial score (nSPS) is 17.4. The van der Waals surface area contributed by atoms with Crippen molar-refractivity contribution in [2.75, 3.05) is 20.6 Å². The molecular weight excluding hydrogens is 222 g/mol. The molecule has 1 aliphatic carbocycles. The summed E-state index contributed by atoms with van der Waals surface area (Å²) in [6.45, 7) is 4.70. The highest BCUT2D eigenvalue weighted by atomic mass is 16.1. The van der Waals surface area contributed by atoms with Gasteiger partial charge < -0.3 is 4.90 Å². The van der Waals surface area contributed by atoms with Crippen LogP contribution in [0.2, 0.25) is 0 Å². The number of nitrogens with zero attached hydrogens (tertiary/aromatic N) is 1. The van der Waals surface area contributed by atoms with E-state index in [2.05, 4.69) is 38.0 Å². The minimum Gasteiger partial charge on any atom is -0.302 e. The van der Waals surface area contributed by atoms with Gasteiger partial charge in [0, 0.05) is 0 Å². The van der Waals surface area contributed by atoms with Gasteiger partial charge in [-0.1, -0.05) is 25.2 Å². The molecule has 1 fully saturated rings. The molecular formula is C16H25NO. The lowest BCUT2D eigenvalue weighted by molar-refractivity contribution is -0.123. The highest BCUT2D eigenvalue weighted by molar-refractivity contribution is 5.92. The van der Waals surface area contributed by atoms with Gasteiger partial charge in [-0.15, -0.1) is 12.8 Å². The number of hydrogen-bond acceptors (Lipinski definition) is 2. The Balaban J connectivity index is 0.00000137. The standard InChI is InChI=1S/C14H23NO.C2H2/c1-5-7-8-12(6-2)14(9-10-14)13(16)11-15(3)4;1-2/h6-8H,5,9-11H2,1-4H3;1-2H/b8-7-,12-6+;. The Morgan fingerprint density at radius 2 is 1.89 bits per heavy atom.